The molecular weight excluding hydrogens is 204 g/mol. The van der Waals surface area contributed by atoms with Gasteiger partial charge in [-0.15, -0.1) is 0 Å². The van der Waals surface area contributed by atoms with Crippen LogP contribution in [0.3, 0.4) is 0 Å². The summed E-state index contributed by atoms with van der Waals surface area (Å²) in [6.45, 7) is -0.250. The Morgan fingerprint density at radius 2 is 1.27 bits per heavy atom. The second kappa shape index (κ2) is 6.80. The zero-order valence-corrected chi connectivity index (χ0v) is 8.13. The van der Waals surface area contributed by atoms with Gasteiger partial charge in [0.2, 0.25) is 0 Å². The van der Waals surface area contributed by atoms with Crippen molar-refractivity contribution in [2.45, 2.75) is 25.7 Å². The molecule has 0 aliphatic heterocycles. The molecule has 6 heteroatoms. The molecule has 2 unspecified atom stereocenters. The van der Waals surface area contributed by atoms with E-state index >= 15 is 0 Å². The van der Waals surface area contributed by atoms with Crippen LogP contribution in [0, 0.1) is 11.8 Å². The fourth-order valence-corrected chi connectivity index (χ4v) is 1.72. The molecule has 0 heterocycles. The number of rotatable bonds is 2. The molecule has 0 saturated heterocycles. The standard InChI is InChI=1S/C8H12O4.CH2O2/c9-7(10)5-3-1-2-4-6(5)8(11)12;2-1-3/h5-6H,1-4H2,(H,9,10)(H,11,12);1H,(H,2,3). The van der Waals surface area contributed by atoms with Gasteiger partial charge in [0.25, 0.3) is 6.47 Å². The maximum Gasteiger partial charge on any atom is 0.307 e. The number of hydrogen-bond donors (Lipinski definition) is 3. The summed E-state index contributed by atoms with van der Waals surface area (Å²) in [6, 6.07) is 0. The highest BCUT2D eigenvalue weighted by Crippen LogP contribution is 2.30. The monoisotopic (exact) mass is 218 g/mol. The fraction of sp³-hybridized carbons (Fsp3) is 0.667. The molecule has 0 aromatic carbocycles. The highest BCUT2D eigenvalue weighted by molar-refractivity contribution is 5.80. The summed E-state index contributed by atoms with van der Waals surface area (Å²) in [5, 5.41) is 24.3. The average Bonchev–Trinajstić information content (AvgIpc) is 2.19. The van der Waals surface area contributed by atoms with E-state index in [9.17, 15) is 9.59 Å². The highest BCUT2D eigenvalue weighted by atomic mass is 16.4. The molecule has 0 aromatic heterocycles. The van der Waals surface area contributed by atoms with Crippen LogP contribution >= 0.6 is 0 Å². The Labute approximate surface area is 86.5 Å². The predicted molar refractivity (Wildman–Crippen MR) is 49.4 cm³/mol. The number of carboxylic acids is 2. The van der Waals surface area contributed by atoms with Crippen molar-refractivity contribution in [3.8, 4) is 0 Å². The molecule has 0 aromatic rings. The van der Waals surface area contributed by atoms with Gasteiger partial charge in [-0.05, 0) is 12.8 Å². The molecule has 1 saturated carbocycles. The van der Waals surface area contributed by atoms with E-state index in [1.807, 2.05) is 0 Å². The van der Waals surface area contributed by atoms with Crippen LogP contribution in [0.15, 0.2) is 0 Å². The SMILES string of the molecule is O=C(O)C1CCCCC1C(=O)O.O=CO. The van der Waals surface area contributed by atoms with E-state index in [1.54, 1.807) is 0 Å². The molecule has 3 N–H and O–H groups in total. The lowest BCUT2D eigenvalue weighted by atomic mass is 9.79. The van der Waals surface area contributed by atoms with Crippen molar-refractivity contribution in [1.29, 1.82) is 0 Å². The van der Waals surface area contributed by atoms with Crippen LogP contribution in [-0.2, 0) is 14.4 Å². The van der Waals surface area contributed by atoms with E-state index in [-0.39, 0.29) is 6.47 Å². The van der Waals surface area contributed by atoms with E-state index in [4.69, 9.17) is 20.1 Å². The summed E-state index contributed by atoms with van der Waals surface area (Å²) >= 11 is 0. The average molecular weight is 218 g/mol. The quantitative estimate of drug-likeness (QED) is 0.587. The summed E-state index contributed by atoms with van der Waals surface area (Å²) < 4.78 is 0. The summed E-state index contributed by atoms with van der Waals surface area (Å²) in [4.78, 5) is 29.6. The Bertz CT molecular complexity index is 215. The maximum atomic E-state index is 10.6. The first-order valence-corrected chi connectivity index (χ1v) is 4.58. The summed E-state index contributed by atoms with van der Waals surface area (Å²) in [5.41, 5.74) is 0. The molecule has 15 heavy (non-hydrogen) atoms. The fourth-order valence-electron chi connectivity index (χ4n) is 1.72. The summed E-state index contributed by atoms with van der Waals surface area (Å²) in [7, 11) is 0. The molecule has 0 bridgehead atoms. The van der Waals surface area contributed by atoms with Gasteiger partial charge in [0.15, 0.2) is 0 Å². The van der Waals surface area contributed by atoms with Gasteiger partial charge in [-0.3, -0.25) is 14.4 Å². The van der Waals surface area contributed by atoms with Crippen LogP contribution in [0.1, 0.15) is 25.7 Å². The van der Waals surface area contributed by atoms with Gasteiger partial charge in [0.1, 0.15) is 0 Å². The van der Waals surface area contributed by atoms with Crippen molar-refractivity contribution in [2.75, 3.05) is 0 Å². The lowest BCUT2D eigenvalue weighted by molar-refractivity contribution is -0.155. The first kappa shape index (κ1) is 13.4. The van der Waals surface area contributed by atoms with Gasteiger partial charge >= 0.3 is 11.9 Å². The van der Waals surface area contributed by atoms with Crippen molar-refractivity contribution in [1.82, 2.24) is 0 Å². The summed E-state index contributed by atoms with van der Waals surface area (Å²) in [5.74, 6) is -3.28. The third-order valence-corrected chi connectivity index (χ3v) is 2.40. The maximum absolute atomic E-state index is 10.6. The molecular formula is C9H14O6. The second-order valence-corrected chi connectivity index (χ2v) is 3.28. The first-order chi connectivity index (χ1) is 7.04. The van der Waals surface area contributed by atoms with E-state index in [0.29, 0.717) is 12.8 Å². The predicted octanol–water partition coefficient (Wildman–Crippen LogP) is 0.663. The summed E-state index contributed by atoms with van der Waals surface area (Å²) in [6.07, 6.45) is 2.68. The van der Waals surface area contributed by atoms with Gasteiger partial charge in [-0.1, -0.05) is 12.8 Å². The van der Waals surface area contributed by atoms with Crippen molar-refractivity contribution in [2.24, 2.45) is 11.8 Å². The third kappa shape index (κ3) is 4.44. The number of carbonyl (C=O) groups is 3. The minimum Gasteiger partial charge on any atom is -0.483 e. The minimum absolute atomic E-state index is 0.250. The number of carboxylic acid groups (broad SMARTS) is 3. The Morgan fingerprint density at radius 3 is 1.47 bits per heavy atom. The van der Waals surface area contributed by atoms with E-state index in [2.05, 4.69) is 0 Å². The zero-order chi connectivity index (χ0) is 11.8. The molecule has 1 fully saturated rings. The van der Waals surface area contributed by atoms with Crippen LogP contribution in [-0.4, -0.2) is 33.7 Å². The van der Waals surface area contributed by atoms with Crippen LogP contribution in [0.4, 0.5) is 0 Å². The number of aliphatic carboxylic acids is 2. The molecule has 1 rings (SSSR count). The van der Waals surface area contributed by atoms with Crippen molar-refractivity contribution >= 4 is 18.4 Å². The van der Waals surface area contributed by atoms with Gasteiger partial charge < -0.3 is 15.3 Å². The van der Waals surface area contributed by atoms with Crippen molar-refractivity contribution in [3.63, 3.8) is 0 Å². The van der Waals surface area contributed by atoms with Gasteiger partial charge in [0, 0.05) is 0 Å². The Kier molecular flexibility index (Phi) is 6.08. The lowest BCUT2D eigenvalue weighted by Gasteiger charge is -2.24. The van der Waals surface area contributed by atoms with E-state index < -0.39 is 23.8 Å². The Hall–Kier alpha value is -1.59. The lowest BCUT2D eigenvalue weighted by Crippen LogP contribution is -2.32. The topological polar surface area (TPSA) is 112 Å². The van der Waals surface area contributed by atoms with Gasteiger partial charge in [-0.25, -0.2) is 0 Å². The van der Waals surface area contributed by atoms with Crippen molar-refractivity contribution in [3.05, 3.63) is 0 Å². The molecule has 0 radical (unpaired) electrons. The molecule has 0 spiro atoms. The van der Waals surface area contributed by atoms with Crippen LogP contribution in [0.5, 0.6) is 0 Å². The van der Waals surface area contributed by atoms with E-state index in [1.165, 1.54) is 0 Å². The molecule has 86 valence electrons. The Balaban J connectivity index is 0.000000583. The molecule has 2 atom stereocenters. The van der Waals surface area contributed by atoms with Crippen LogP contribution < -0.4 is 0 Å². The van der Waals surface area contributed by atoms with Gasteiger partial charge in [0.05, 0.1) is 11.8 Å². The Morgan fingerprint density at radius 1 is 1.00 bits per heavy atom. The van der Waals surface area contributed by atoms with Crippen LogP contribution in [0.25, 0.3) is 0 Å². The third-order valence-electron chi connectivity index (χ3n) is 2.40. The first-order valence-electron chi connectivity index (χ1n) is 4.58. The smallest absolute Gasteiger partial charge is 0.307 e. The normalized spacial score (nSPS) is 24.5. The zero-order valence-electron chi connectivity index (χ0n) is 8.13. The van der Waals surface area contributed by atoms with Crippen LogP contribution in [0.2, 0.25) is 0 Å². The highest BCUT2D eigenvalue weighted by Gasteiger charge is 2.35. The van der Waals surface area contributed by atoms with E-state index in [0.717, 1.165) is 12.8 Å². The molecule has 0 amide bonds. The molecule has 6 nitrogen and oxygen atoms in total. The second-order valence-electron chi connectivity index (χ2n) is 3.28. The molecule has 1 aliphatic rings. The van der Waals surface area contributed by atoms with Crippen molar-refractivity contribution < 1.29 is 29.7 Å². The minimum atomic E-state index is -0.970. The molecule has 1 aliphatic carbocycles. The largest absolute Gasteiger partial charge is 0.483 e. The van der Waals surface area contributed by atoms with Gasteiger partial charge in [-0.2, -0.15) is 0 Å². The number of hydrogen-bond acceptors (Lipinski definition) is 3.